The summed E-state index contributed by atoms with van der Waals surface area (Å²) in [7, 11) is 0. The van der Waals surface area contributed by atoms with Crippen molar-refractivity contribution in [1.29, 1.82) is 0 Å². The second-order valence-corrected chi connectivity index (χ2v) is 9.41. The molecule has 13 nitrogen and oxygen atoms in total. The molecule has 0 radical (unpaired) electrons. The minimum Gasteiger partial charge on any atom is -0.461 e. The van der Waals surface area contributed by atoms with Gasteiger partial charge >= 0.3 is 30.4 Å². The van der Waals surface area contributed by atoms with Crippen molar-refractivity contribution in [3.63, 3.8) is 0 Å². The predicted molar refractivity (Wildman–Crippen MR) is 143 cm³/mol. The quantitative estimate of drug-likeness (QED) is 0.213. The van der Waals surface area contributed by atoms with Gasteiger partial charge in [0.15, 0.2) is 10.8 Å². The molecule has 2 amide bonds. The highest BCUT2D eigenvalue weighted by Crippen LogP contribution is 2.27. The van der Waals surface area contributed by atoms with Gasteiger partial charge in [-0.25, -0.2) is 23.7 Å². The molecule has 0 aliphatic heterocycles. The van der Waals surface area contributed by atoms with Gasteiger partial charge in [-0.2, -0.15) is 13.2 Å². The Morgan fingerprint density at radius 3 is 2.15 bits per heavy atom. The number of hydrogen-bond acceptors (Lipinski definition) is 10. The summed E-state index contributed by atoms with van der Waals surface area (Å²) in [5.74, 6) is -1.01. The molecule has 0 bridgehead atoms. The van der Waals surface area contributed by atoms with Crippen molar-refractivity contribution in [3.8, 4) is 0 Å². The molecule has 1 atom stereocenters. The van der Waals surface area contributed by atoms with E-state index >= 15 is 0 Å². The number of anilines is 1. The number of carbonyl (C=O) groups is 4. The summed E-state index contributed by atoms with van der Waals surface area (Å²) in [6.45, 7) is 6.35. The van der Waals surface area contributed by atoms with Gasteiger partial charge in [0.1, 0.15) is 12.2 Å². The number of esters is 1. The summed E-state index contributed by atoms with van der Waals surface area (Å²) in [4.78, 5) is 51.2. The van der Waals surface area contributed by atoms with E-state index in [0.29, 0.717) is 0 Å². The van der Waals surface area contributed by atoms with Gasteiger partial charge in [-0.1, -0.05) is 0 Å². The van der Waals surface area contributed by atoms with Gasteiger partial charge in [-0.15, -0.1) is 0 Å². The Morgan fingerprint density at radius 2 is 1.61 bits per heavy atom. The van der Waals surface area contributed by atoms with E-state index in [1.54, 1.807) is 20.8 Å². The van der Waals surface area contributed by atoms with E-state index in [1.807, 2.05) is 0 Å². The molecule has 0 aromatic carbocycles. The van der Waals surface area contributed by atoms with Gasteiger partial charge in [0.05, 0.1) is 38.2 Å². The lowest BCUT2D eigenvalue weighted by molar-refractivity contribution is -0.174. The van der Waals surface area contributed by atoms with Gasteiger partial charge in [0.2, 0.25) is 0 Å². The van der Waals surface area contributed by atoms with Crippen LogP contribution in [0.4, 0.5) is 33.2 Å². The van der Waals surface area contributed by atoms with Crippen LogP contribution in [-0.2, 0) is 23.7 Å². The minimum absolute atomic E-state index is 0.0416. The summed E-state index contributed by atoms with van der Waals surface area (Å²) < 4.78 is 64.5. The Balaban J connectivity index is 3.69. The summed E-state index contributed by atoms with van der Waals surface area (Å²) in [6.07, 6.45) is -6.45. The number of ether oxygens (including phenoxy) is 5. The zero-order valence-electron chi connectivity index (χ0n) is 23.6. The molecule has 1 rings (SSSR count). The normalized spacial score (nSPS) is 12.1. The molecule has 0 saturated heterocycles. The number of carbonyl (C=O) groups excluding carboxylic acids is 4. The van der Waals surface area contributed by atoms with Crippen LogP contribution in [-0.4, -0.2) is 91.3 Å². The van der Waals surface area contributed by atoms with E-state index in [-0.39, 0.29) is 25.5 Å². The van der Waals surface area contributed by atoms with Crippen molar-refractivity contribution in [2.75, 3.05) is 44.5 Å². The molecule has 0 spiro atoms. The lowest BCUT2D eigenvalue weighted by Gasteiger charge is -2.34. The number of aromatic nitrogens is 1. The first-order valence-corrected chi connectivity index (χ1v) is 12.9. The van der Waals surface area contributed by atoms with Crippen LogP contribution in [0.5, 0.6) is 0 Å². The molecule has 0 saturated carbocycles. The number of halogens is 3. The third-order valence-corrected chi connectivity index (χ3v) is 4.88. The molecule has 1 heterocycles. The van der Waals surface area contributed by atoms with E-state index in [0.717, 1.165) is 15.7 Å². The lowest BCUT2D eigenvalue weighted by atomic mass is 10.2. The van der Waals surface area contributed by atoms with Crippen LogP contribution in [0.1, 0.15) is 52.0 Å². The molecule has 1 aromatic heterocycles. The molecule has 0 fully saturated rings. The summed E-state index contributed by atoms with van der Waals surface area (Å²) in [6, 6.07) is -0.0717. The zero-order chi connectivity index (χ0) is 31.4. The van der Waals surface area contributed by atoms with E-state index in [2.05, 4.69) is 10.6 Å². The van der Waals surface area contributed by atoms with Gasteiger partial charge in [-0.05, 0) is 59.8 Å². The molecule has 1 unspecified atom stereocenters. The topological polar surface area (TPSA) is 147 Å². The van der Waals surface area contributed by atoms with Gasteiger partial charge < -0.3 is 33.9 Å². The maximum Gasteiger partial charge on any atom is 0.418 e. The van der Waals surface area contributed by atoms with Crippen LogP contribution in [0.15, 0.2) is 12.3 Å². The Hall–Kier alpha value is -3.60. The van der Waals surface area contributed by atoms with Crippen molar-refractivity contribution >= 4 is 47.3 Å². The first kappa shape index (κ1) is 35.4. The Labute approximate surface area is 240 Å². The predicted octanol–water partition coefficient (Wildman–Crippen LogP) is 3.98. The SMILES string of the molecule is CCOC(=O)NC(=S)N(c1ccn(C(=O)OCC)c1C(=O)OCC)C(CNC(=O)OC(C)(C)C)COCC(F)(F)F. The fourth-order valence-corrected chi connectivity index (χ4v) is 3.53. The maximum absolute atomic E-state index is 13.0. The highest BCUT2D eigenvalue weighted by Gasteiger charge is 2.35. The summed E-state index contributed by atoms with van der Waals surface area (Å²) >= 11 is 5.37. The van der Waals surface area contributed by atoms with Crippen LogP contribution >= 0.6 is 12.2 Å². The third kappa shape index (κ3) is 12.2. The molecular formula is C24H35F3N4O9S. The number of alkyl carbamates (subject to hydrolysis) is 2. The van der Waals surface area contributed by atoms with Gasteiger partial charge in [0.25, 0.3) is 0 Å². The van der Waals surface area contributed by atoms with E-state index in [1.165, 1.54) is 26.8 Å². The number of hydrogen-bond donors (Lipinski definition) is 2. The first-order chi connectivity index (χ1) is 19.0. The smallest absolute Gasteiger partial charge is 0.418 e. The molecule has 17 heteroatoms. The second kappa shape index (κ2) is 16.0. The Morgan fingerprint density at radius 1 is 1.00 bits per heavy atom. The van der Waals surface area contributed by atoms with Crippen molar-refractivity contribution < 1.29 is 56.0 Å². The second-order valence-electron chi connectivity index (χ2n) is 9.03. The number of amides is 2. The molecule has 0 aliphatic carbocycles. The van der Waals surface area contributed by atoms with E-state index < -0.39 is 72.6 Å². The minimum atomic E-state index is -4.69. The van der Waals surface area contributed by atoms with Crippen LogP contribution in [0.2, 0.25) is 0 Å². The van der Waals surface area contributed by atoms with Crippen molar-refractivity contribution in [3.05, 3.63) is 18.0 Å². The number of nitrogens with one attached hydrogen (secondary N) is 2. The molecular weight excluding hydrogens is 577 g/mol. The number of alkyl halides is 3. The number of thiocarbonyl (C=S) groups is 1. The average molecular weight is 613 g/mol. The van der Waals surface area contributed by atoms with Crippen LogP contribution in [0.3, 0.4) is 0 Å². The van der Waals surface area contributed by atoms with Gasteiger partial charge in [0, 0.05) is 12.7 Å². The molecule has 41 heavy (non-hydrogen) atoms. The van der Waals surface area contributed by atoms with Crippen LogP contribution < -0.4 is 15.5 Å². The zero-order valence-corrected chi connectivity index (χ0v) is 24.4. The molecule has 232 valence electrons. The largest absolute Gasteiger partial charge is 0.461 e. The van der Waals surface area contributed by atoms with Crippen molar-refractivity contribution in [1.82, 2.24) is 15.2 Å². The summed E-state index contributed by atoms with van der Waals surface area (Å²) in [5, 5.41) is 4.21. The van der Waals surface area contributed by atoms with Crippen LogP contribution in [0, 0.1) is 0 Å². The van der Waals surface area contributed by atoms with Crippen molar-refractivity contribution in [2.24, 2.45) is 0 Å². The van der Waals surface area contributed by atoms with E-state index in [9.17, 15) is 32.3 Å². The monoisotopic (exact) mass is 612 g/mol. The molecule has 2 N–H and O–H groups in total. The number of rotatable bonds is 11. The van der Waals surface area contributed by atoms with Crippen LogP contribution in [0.25, 0.3) is 0 Å². The number of nitrogens with zero attached hydrogens (tertiary/aromatic N) is 2. The standard InChI is InChI=1S/C24H35F3N4O9S/c1-7-37-18(32)17-16(10-11-30(17)22(35)39-9-3)31(19(41)29-21(34)38-8-2)15(13-36-14-24(25,26)27)12-28-20(33)40-23(4,5)6/h10-11,15H,7-9,12-14H2,1-6H3,(H,28,33)(H,29,34,41). The first-order valence-electron chi connectivity index (χ1n) is 12.5. The highest BCUT2D eigenvalue weighted by atomic mass is 32.1. The Kier molecular flexibility index (Phi) is 13.8. The average Bonchev–Trinajstić information content (AvgIpc) is 3.25. The third-order valence-electron chi connectivity index (χ3n) is 4.58. The molecule has 0 aliphatic rings. The van der Waals surface area contributed by atoms with Crippen molar-refractivity contribution in [2.45, 2.75) is 59.4 Å². The summed E-state index contributed by atoms with van der Waals surface area (Å²) in [5.41, 5.74) is -1.50. The van der Waals surface area contributed by atoms with E-state index in [4.69, 9.17) is 35.9 Å². The fraction of sp³-hybridized carbons (Fsp3) is 0.625. The Bertz CT molecular complexity index is 1070. The molecule has 1 aromatic rings. The lowest BCUT2D eigenvalue weighted by Crippen LogP contribution is -2.55. The fourth-order valence-electron chi connectivity index (χ4n) is 3.20. The highest BCUT2D eigenvalue weighted by molar-refractivity contribution is 7.80. The van der Waals surface area contributed by atoms with Gasteiger partial charge in [-0.3, -0.25) is 5.32 Å². The maximum atomic E-state index is 13.0.